The first-order valence-corrected chi connectivity index (χ1v) is 5.88. The minimum absolute atomic E-state index is 0.102. The van der Waals surface area contributed by atoms with Crippen LogP contribution in [0.25, 0.3) is 0 Å². The van der Waals surface area contributed by atoms with Crippen LogP contribution in [-0.4, -0.2) is 44.5 Å². The van der Waals surface area contributed by atoms with Gasteiger partial charge in [-0.05, 0) is 32.0 Å². The Kier molecular flexibility index (Phi) is 6.60. The molecule has 1 amide bonds. The normalized spacial score (nSPS) is 13.9. The van der Waals surface area contributed by atoms with Crippen molar-refractivity contribution in [2.45, 2.75) is 27.2 Å². The van der Waals surface area contributed by atoms with E-state index in [9.17, 15) is 4.79 Å². The second-order valence-corrected chi connectivity index (χ2v) is 5.72. The minimum atomic E-state index is 0.102. The molecule has 0 rings (SSSR count). The van der Waals surface area contributed by atoms with Crippen molar-refractivity contribution in [3.05, 3.63) is 0 Å². The molecule has 96 valence electrons. The van der Waals surface area contributed by atoms with Gasteiger partial charge in [-0.25, -0.2) is 0 Å². The summed E-state index contributed by atoms with van der Waals surface area (Å²) in [5.41, 5.74) is 5.58. The lowest BCUT2D eigenvalue weighted by Crippen LogP contribution is -2.40. The lowest BCUT2D eigenvalue weighted by Gasteiger charge is -2.28. The molecule has 0 aliphatic rings. The van der Waals surface area contributed by atoms with E-state index >= 15 is 0 Å². The van der Waals surface area contributed by atoms with Crippen molar-refractivity contribution >= 4 is 5.91 Å². The Morgan fingerprint density at radius 2 is 2.00 bits per heavy atom. The van der Waals surface area contributed by atoms with E-state index in [1.165, 1.54) is 0 Å². The number of hydrogen-bond acceptors (Lipinski definition) is 3. The van der Waals surface area contributed by atoms with Gasteiger partial charge in [-0.3, -0.25) is 4.79 Å². The van der Waals surface area contributed by atoms with Crippen molar-refractivity contribution in [1.29, 1.82) is 0 Å². The minimum Gasteiger partial charge on any atom is -0.356 e. The van der Waals surface area contributed by atoms with E-state index in [0.717, 1.165) is 6.54 Å². The van der Waals surface area contributed by atoms with Crippen LogP contribution in [-0.2, 0) is 4.79 Å². The molecule has 0 aromatic carbocycles. The molecule has 1 atom stereocenters. The van der Waals surface area contributed by atoms with Gasteiger partial charge in [-0.1, -0.05) is 20.8 Å². The quantitative estimate of drug-likeness (QED) is 0.675. The van der Waals surface area contributed by atoms with Crippen LogP contribution in [0.15, 0.2) is 0 Å². The van der Waals surface area contributed by atoms with Gasteiger partial charge >= 0.3 is 0 Å². The van der Waals surface area contributed by atoms with Crippen molar-refractivity contribution in [1.82, 2.24) is 10.2 Å². The maximum atomic E-state index is 11.6. The van der Waals surface area contributed by atoms with Gasteiger partial charge in [-0.2, -0.15) is 0 Å². The van der Waals surface area contributed by atoms with Gasteiger partial charge in [0.15, 0.2) is 0 Å². The maximum absolute atomic E-state index is 11.6. The largest absolute Gasteiger partial charge is 0.356 e. The number of amides is 1. The highest BCUT2D eigenvalue weighted by molar-refractivity contribution is 5.76. The standard InChI is InChI=1S/C12H27N3O/c1-10(7-13)6-11(16)14-8-12(2,3)9-15(4)5/h10H,6-9,13H2,1-5H3,(H,14,16). The fourth-order valence-corrected chi connectivity index (χ4v) is 1.72. The Balaban J connectivity index is 3.90. The summed E-state index contributed by atoms with van der Waals surface area (Å²) in [6.07, 6.45) is 0.522. The molecule has 0 saturated heterocycles. The fourth-order valence-electron chi connectivity index (χ4n) is 1.72. The van der Waals surface area contributed by atoms with Gasteiger partial charge in [0.1, 0.15) is 0 Å². The summed E-state index contributed by atoms with van der Waals surface area (Å²) in [7, 11) is 4.08. The van der Waals surface area contributed by atoms with Gasteiger partial charge in [0.25, 0.3) is 0 Å². The molecule has 0 spiro atoms. The zero-order valence-corrected chi connectivity index (χ0v) is 11.3. The smallest absolute Gasteiger partial charge is 0.220 e. The Morgan fingerprint density at radius 1 is 1.44 bits per heavy atom. The predicted octanol–water partition coefficient (Wildman–Crippen LogP) is 0.675. The van der Waals surface area contributed by atoms with Gasteiger partial charge in [0.2, 0.25) is 5.91 Å². The first kappa shape index (κ1) is 15.4. The molecule has 0 aliphatic heterocycles. The van der Waals surface area contributed by atoms with E-state index in [2.05, 4.69) is 24.1 Å². The lowest BCUT2D eigenvalue weighted by molar-refractivity contribution is -0.122. The highest BCUT2D eigenvalue weighted by Crippen LogP contribution is 2.14. The lowest BCUT2D eigenvalue weighted by atomic mass is 9.93. The summed E-state index contributed by atoms with van der Waals surface area (Å²) in [6, 6.07) is 0. The zero-order chi connectivity index (χ0) is 12.8. The summed E-state index contributed by atoms with van der Waals surface area (Å²) >= 11 is 0. The third-order valence-electron chi connectivity index (χ3n) is 2.44. The van der Waals surface area contributed by atoms with Crippen LogP contribution in [0.3, 0.4) is 0 Å². The molecule has 16 heavy (non-hydrogen) atoms. The topological polar surface area (TPSA) is 58.4 Å². The molecular weight excluding hydrogens is 202 g/mol. The Morgan fingerprint density at radius 3 is 2.44 bits per heavy atom. The van der Waals surface area contributed by atoms with Crippen molar-refractivity contribution in [2.24, 2.45) is 17.1 Å². The number of nitrogens with one attached hydrogen (secondary N) is 1. The van der Waals surface area contributed by atoms with E-state index < -0.39 is 0 Å². The molecule has 0 bridgehead atoms. The van der Waals surface area contributed by atoms with Crippen molar-refractivity contribution in [3.8, 4) is 0 Å². The first-order valence-electron chi connectivity index (χ1n) is 5.88. The number of nitrogens with zero attached hydrogens (tertiary/aromatic N) is 1. The first-order chi connectivity index (χ1) is 7.26. The third kappa shape index (κ3) is 7.65. The molecule has 0 heterocycles. The Labute approximate surface area is 99.6 Å². The summed E-state index contributed by atoms with van der Waals surface area (Å²) < 4.78 is 0. The van der Waals surface area contributed by atoms with Gasteiger partial charge in [0, 0.05) is 19.5 Å². The van der Waals surface area contributed by atoms with Gasteiger partial charge < -0.3 is 16.0 Å². The Hall–Kier alpha value is -0.610. The number of nitrogens with two attached hydrogens (primary N) is 1. The predicted molar refractivity (Wildman–Crippen MR) is 68.2 cm³/mol. The van der Waals surface area contributed by atoms with Crippen LogP contribution in [0, 0.1) is 11.3 Å². The summed E-state index contributed by atoms with van der Waals surface area (Å²) in [4.78, 5) is 13.7. The van der Waals surface area contributed by atoms with Crippen LogP contribution < -0.4 is 11.1 Å². The van der Waals surface area contributed by atoms with Crippen molar-refractivity contribution in [3.63, 3.8) is 0 Å². The highest BCUT2D eigenvalue weighted by Gasteiger charge is 2.20. The molecule has 3 N–H and O–H groups in total. The van der Waals surface area contributed by atoms with Crippen LogP contribution >= 0.6 is 0 Å². The van der Waals surface area contributed by atoms with E-state index in [0.29, 0.717) is 19.5 Å². The number of carbonyl (C=O) groups excluding carboxylic acids is 1. The van der Waals surface area contributed by atoms with Crippen LogP contribution in [0.2, 0.25) is 0 Å². The molecule has 0 aromatic rings. The van der Waals surface area contributed by atoms with E-state index in [1.54, 1.807) is 0 Å². The summed E-state index contributed by atoms with van der Waals surface area (Å²) in [5, 5.41) is 2.97. The highest BCUT2D eigenvalue weighted by atomic mass is 16.1. The van der Waals surface area contributed by atoms with Crippen LogP contribution in [0.5, 0.6) is 0 Å². The average Bonchev–Trinajstić information content (AvgIpc) is 2.13. The molecule has 0 radical (unpaired) electrons. The van der Waals surface area contributed by atoms with Crippen LogP contribution in [0.4, 0.5) is 0 Å². The van der Waals surface area contributed by atoms with E-state index in [-0.39, 0.29) is 17.2 Å². The SMILES string of the molecule is CC(CN)CC(=O)NCC(C)(C)CN(C)C. The number of rotatable bonds is 7. The second kappa shape index (κ2) is 6.86. The molecule has 4 heteroatoms. The average molecular weight is 229 g/mol. The number of carbonyl (C=O) groups is 1. The maximum Gasteiger partial charge on any atom is 0.220 e. The Bertz CT molecular complexity index is 214. The zero-order valence-electron chi connectivity index (χ0n) is 11.3. The van der Waals surface area contributed by atoms with Crippen LogP contribution in [0.1, 0.15) is 27.2 Å². The van der Waals surface area contributed by atoms with Crippen molar-refractivity contribution in [2.75, 3.05) is 33.7 Å². The van der Waals surface area contributed by atoms with E-state index in [1.807, 2.05) is 21.0 Å². The molecule has 0 saturated carbocycles. The molecule has 1 unspecified atom stereocenters. The molecule has 0 aromatic heterocycles. The van der Waals surface area contributed by atoms with Crippen molar-refractivity contribution < 1.29 is 4.79 Å². The van der Waals surface area contributed by atoms with E-state index in [4.69, 9.17) is 5.73 Å². The monoisotopic (exact) mass is 229 g/mol. The van der Waals surface area contributed by atoms with Gasteiger partial charge in [0.05, 0.1) is 0 Å². The molecule has 0 aliphatic carbocycles. The molecule has 4 nitrogen and oxygen atoms in total. The third-order valence-corrected chi connectivity index (χ3v) is 2.44. The molecule has 0 fully saturated rings. The van der Waals surface area contributed by atoms with Gasteiger partial charge in [-0.15, -0.1) is 0 Å². The fraction of sp³-hybridized carbons (Fsp3) is 0.917. The molecular formula is C12H27N3O. The second-order valence-electron chi connectivity index (χ2n) is 5.72. The summed E-state index contributed by atoms with van der Waals surface area (Å²) in [6.45, 7) is 8.53. The summed E-state index contributed by atoms with van der Waals surface area (Å²) in [5.74, 6) is 0.363. The number of hydrogen-bond donors (Lipinski definition) is 2.